The Morgan fingerprint density at radius 1 is 0.594 bits per heavy atom. The topological polar surface area (TPSA) is 47.9 Å². The van der Waals surface area contributed by atoms with Gasteiger partial charge in [0, 0.05) is 7.05 Å². The third kappa shape index (κ3) is 5.05. The summed E-state index contributed by atoms with van der Waals surface area (Å²) in [5, 5.41) is 2.06. The fraction of sp³-hybridized carbons (Fsp3) is 0.0769. The molecule has 0 aliphatic carbocycles. The van der Waals surface area contributed by atoms with Crippen molar-refractivity contribution in [3.63, 3.8) is 0 Å². The highest BCUT2D eigenvalue weighted by molar-refractivity contribution is 7.84. The molecule has 0 spiro atoms. The highest BCUT2D eigenvalue weighted by Gasteiger charge is 2.35. The monoisotopic (exact) mass is 461 g/mol. The van der Waals surface area contributed by atoms with Gasteiger partial charge in [0.25, 0.3) is 0 Å². The van der Waals surface area contributed by atoms with Gasteiger partial charge < -0.3 is 9.05 Å². The van der Waals surface area contributed by atoms with Crippen LogP contribution in [0.15, 0.2) is 126 Å². The molecule has 0 heterocycles. The number of para-hydroxylation sites is 2. The van der Waals surface area contributed by atoms with E-state index in [4.69, 9.17) is 13.6 Å². The predicted molar refractivity (Wildman–Crippen MR) is 134 cm³/mol. The largest absolute Gasteiger partial charge is 0.562 e. The standard InChI is InChI=1S/C26H25NO3P2/c1-2-31(25-19-11-5-12-20-25,26-21-13-6-14-22-26)27-32(28,29-23-15-7-3-8-16-23)30-24-17-9-4-10-18-24/h3-22H,2H2,1H3. The van der Waals surface area contributed by atoms with Crippen LogP contribution in [0.25, 0.3) is 0 Å². The molecule has 0 amide bonds. The lowest BCUT2D eigenvalue weighted by molar-refractivity contribution is 0.388. The Morgan fingerprint density at radius 3 is 1.28 bits per heavy atom. The summed E-state index contributed by atoms with van der Waals surface area (Å²) in [5.41, 5.74) is 0. The molecule has 0 saturated heterocycles. The minimum atomic E-state index is -3.96. The molecule has 0 atom stereocenters. The van der Waals surface area contributed by atoms with Gasteiger partial charge in [-0.15, -0.1) is 0 Å². The zero-order chi connectivity index (χ0) is 22.3. The normalized spacial score (nSPS) is 11.5. The van der Waals surface area contributed by atoms with Crippen molar-refractivity contribution in [3.05, 3.63) is 121 Å². The molecule has 32 heavy (non-hydrogen) atoms. The highest BCUT2D eigenvalue weighted by atomic mass is 31.2. The molecule has 0 saturated carbocycles. The molecule has 0 aromatic heterocycles. The van der Waals surface area contributed by atoms with Crippen molar-refractivity contribution >= 4 is 25.4 Å². The van der Waals surface area contributed by atoms with Crippen LogP contribution in [-0.4, -0.2) is 6.16 Å². The summed E-state index contributed by atoms with van der Waals surface area (Å²) in [6.07, 6.45) is 0.682. The second kappa shape index (κ2) is 10.0. The summed E-state index contributed by atoms with van der Waals surface area (Å²) < 4.78 is 31.3. The maximum atomic E-state index is 14.3. The van der Waals surface area contributed by atoms with E-state index in [1.54, 1.807) is 24.3 Å². The molecule has 0 bridgehead atoms. The maximum Gasteiger partial charge on any atom is 0.562 e. The number of benzene rings is 4. The molecule has 0 unspecified atom stereocenters. The summed E-state index contributed by atoms with van der Waals surface area (Å²) in [6.45, 7) is 2.08. The molecule has 4 aromatic carbocycles. The van der Waals surface area contributed by atoms with E-state index in [0.29, 0.717) is 17.7 Å². The Hall–Kier alpha value is -3.06. The van der Waals surface area contributed by atoms with E-state index >= 15 is 0 Å². The van der Waals surface area contributed by atoms with E-state index < -0.39 is 14.8 Å². The Balaban J connectivity index is 1.94. The van der Waals surface area contributed by atoms with E-state index in [9.17, 15) is 4.57 Å². The highest BCUT2D eigenvalue weighted by Crippen LogP contribution is 2.61. The van der Waals surface area contributed by atoms with E-state index in [2.05, 4.69) is 6.92 Å². The van der Waals surface area contributed by atoms with Gasteiger partial charge >= 0.3 is 7.75 Å². The van der Waals surface area contributed by atoms with Crippen LogP contribution >= 0.6 is 14.8 Å². The van der Waals surface area contributed by atoms with Crippen molar-refractivity contribution in [2.24, 2.45) is 4.52 Å². The first-order valence-electron chi connectivity index (χ1n) is 10.5. The first kappa shape index (κ1) is 22.1. The number of hydrogen-bond donors (Lipinski definition) is 0. The van der Waals surface area contributed by atoms with Gasteiger partial charge in [0.05, 0.1) is 0 Å². The first-order chi connectivity index (χ1) is 15.6. The molecule has 4 rings (SSSR count). The molecule has 4 nitrogen and oxygen atoms in total. The van der Waals surface area contributed by atoms with Crippen molar-refractivity contribution in [3.8, 4) is 11.5 Å². The van der Waals surface area contributed by atoms with Gasteiger partial charge in [-0.2, -0.15) is 4.52 Å². The second-order valence-corrected chi connectivity index (χ2v) is 12.3. The summed E-state index contributed by atoms with van der Waals surface area (Å²) in [4.78, 5) is 0. The van der Waals surface area contributed by atoms with Crippen LogP contribution in [-0.2, 0) is 4.57 Å². The van der Waals surface area contributed by atoms with Crippen LogP contribution in [0.5, 0.6) is 11.5 Å². The van der Waals surface area contributed by atoms with Crippen LogP contribution in [0.3, 0.4) is 0 Å². The second-order valence-electron chi connectivity index (χ2n) is 7.12. The summed E-state index contributed by atoms with van der Waals surface area (Å²) in [5.74, 6) is 0.900. The molecule has 0 N–H and O–H groups in total. The van der Waals surface area contributed by atoms with E-state index in [-0.39, 0.29) is 0 Å². The van der Waals surface area contributed by atoms with Gasteiger partial charge in [-0.25, -0.2) is 4.57 Å². The molecule has 0 radical (unpaired) electrons. The lowest BCUT2D eigenvalue weighted by Crippen LogP contribution is -2.18. The Kier molecular flexibility index (Phi) is 6.95. The Morgan fingerprint density at radius 2 is 0.938 bits per heavy atom. The van der Waals surface area contributed by atoms with Crippen molar-refractivity contribution in [2.45, 2.75) is 6.92 Å². The zero-order valence-electron chi connectivity index (χ0n) is 17.8. The van der Waals surface area contributed by atoms with Crippen LogP contribution in [0, 0.1) is 0 Å². The van der Waals surface area contributed by atoms with Crippen LogP contribution in [0.2, 0.25) is 0 Å². The lowest BCUT2D eigenvalue weighted by Gasteiger charge is -2.27. The average Bonchev–Trinajstić information content (AvgIpc) is 2.85. The van der Waals surface area contributed by atoms with Crippen molar-refractivity contribution in [1.82, 2.24) is 0 Å². The fourth-order valence-electron chi connectivity index (χ4n) is 3.50. The van der Waals surface area contributed by atoms with Crippen LogP contribution in [0.4, 0.5) is 0 Å². The van der Waals surface area contributed by atoms with Gasteiger partial charge in [0.15, 0.2) is 0 Å². The predicted octanol–water partition coefficient (Wildman–Crippen LogP) is 7.12. The zero-order valence-corrected chi connectivity index (χ0v) is 19.6. The van der Waals surface area contributed by atoms with Crippen LogP contribution in [0.1, 0.15) is 6.92 Å². The van der Waals surface area contributed by atoms with Gasteiger partial charge in [0.2, 0.25) is 0 Å². The van der Waals surface area contributed by atoms with Crippen molar-refractivity contribution < 1.29 is 13.6 Å². The van der Waals surface area contributed by atoms with Gasteiger partial charge in [0.1, 0.15) is 11.5 Å². The first-order valence-corrected chi connectivity index (χ1v) is 13.9. The molecular formula is C26H25NO3P2. The summed E-state index contributed by atoms with van der Waals surface area (Å²) in [6, 6.07) is 38.2. The van der Waals surface area contributed by atoms with Gasteiger partial charge in [-0.05, 0) is 41.0 Å². The molecule has 0 fully saturated rings. The third-order valence-corrected chi connectivity index (χ3v) is 11.2. The quantitative estimate of drug-likeness (QED) is 0.262. The van der Waals surface area contributed by atoms with Gasteiger partial charge in [-0.1, -0.05) is 104 Å². The fourth-order valence-corrected chi connectivity index (χ4v) is 9.79. The summed E-state index contributed by atoms with van der Waals surface area (Å²) >= 11 is 0. The molecule has 162 valence electrons. The average molecular weight is 461 g/mol. The van der Waals surface area contributed by atoms with Crippen molar-refractivity contribution in [2.75, 3.05) is 6.16 Å². The van der Waals surface area contributed by atoms with E-state index in [0.717, 1.165) is 10.6 Å². The molecule has 4 aromatic rings. The SMILES string of the molecule is CCP(=NP(=O)(Oc1ccccc1)Oc1ccccc1)(c1ccccc1)c1ccccc1. The number of nitrogens with zero attached hydrogens (tertiary/aromatic N) is 1. The molecule has 6 heteroatoms. The van der Waals surface area contributed by atoms with Gasteiger partial charge in [-0.3, -0.25) is 0 Å². The van der Waals surface area contributed by atoms with E-state index in [1.165, 1.54) is 0 Å². The number of hydrogen-bond acceptors (Lipinski definition) is 3. The molecule has 0 aliphatic heterocycles. The third-order valence-electron chi connectivity index (χ3n) is 5.01. The molecular weight excluding hydrogens is 436 g/mol. The minimum absolute atomic E-state index is 0.450. The molecule has 0 aliphatic rings. The lowest BCUT2D eigenvalue weighted by atomic mass is 10.3. The maximum absolute atomic E-state index is 14.3. The smallest absolute Gasteiger partial charge is 0.399 e. The Labute approximate surface area is 189 Å². The Bertz CT molecular complexity index is 1140. The number of rotatable bonds is 8. The van der Waals surface area contributed by atoms with E-state index in [1.807, 2.05) is 97.1 Å². The minimum Gasteiger partial charge on any atom is -0.399 e. The summed E-state index contributed by atoms with van der Waals surface area (Å²) in [7, 11) is -6.42. The van der Waals surface area contributed by atoms with Crippen LogP contribution < -0.4 is 19.7 Å². The van der Waals surface area contributed by atoms with Crippen molar-refractivity contribution in [1.29, 1.82) is 0 Å².